The van der Waals surface area contributed by atoms with E-state index in [1.807, 2.05) is 6.92 Å². The van der Waals surface area contributed by atoms with Crippen LogP contribution in [0.4, 0.5) is 0 Å². The van der Waals surface area contributed by atoms with Crippen LogP contribution in [-0.2, 0) is 19.1 Å². The molecule has 4 rings (SSSR count). The third-order valence-corrected chi connectivity index (χ3v) is 10.4. The maximum atomic E-state index is 12.2. The topological polar surface area (TPSA) is 80.7 Å². The predicted octanol–water partition coefficient (Wildman–Crippen LogP) is 7.06. The van der Waals surface area contributed by atoms with E-state index in [-0.39, 0.29) is 13.8 Å². The van der Waals surface area contributed by atoms with Gasteiger partial charge in [0.05, 0.1) is 6.61 Å². The van der Waals surface area contributed by atoms with Crippen molar-refractivity contribution in [1.82, 2.24) is 0 Å². The molecule has 34 heavy (non-hydrogen) atoms. The maximum absolute atomic E-state index is 12.2. The van der Waals surface area contributed by atoms with Crippen molar-refractivity contribution in [2.45, 2.75) is 118 Å². The summed E-state index contributed by atoms with van der Waals surface area (Å²) in [5, 5.41) is 8.26. The van der Waals surface area contributed by atoms with Gasteiger partial charge in [-0.1, -0.05) is 33.6 Å². The van der Waals surface area contributed by atoms with Crippen LogP contribution in [0.15, 0.2) is 0 Å². The summed E-state index contributed by atoms with van der Waals surface area (Å²) in [6.07, 6.45) is 15.8. The smallest absolute Gasteiger partial charge is 0.305 e. The first-order valence-electron chi connectivity index (χ1n) is 14.0. The van der Waals surface area contributed by atoms with E-state index < -0.39 is 5.97 Å². The molecule has 196 valence electrons. The summed E-state index contributed by atoms with van der Waals surface area (Å²) in [5.41, 5.74) is 0.974. The number of esters is 1. The molecule has 1 N–H and O–H groups in total. The van der Waals surface area contributed by atoms with E-state index in [1.165, 1.54) is 64.2 Å². The molecule has 0 aromatic heterocycles. The first-order valence-corrected chi connectivity index (χ1v) is 14.0. The van der Waals surface area contributed by atoms with Crippen molar-refractivity contribution in [2.24, 2.45) is 40.4 Å². The molecule has 0 amide bonds. The number of carboxylic acids is 1. The highest BCUT2D eigenvalue weighted by Gasteiger charge is 2.60. The molecule has 4 aliphatic rings. The Morgan fingerprint density at radius 2 is 1.65 bits per heavy atom. The fourth-order valence-corrected chi connectivity index (χ4v) is 8.63. The number of ketones is 1. The van der Waals surface area contributed by atoms with Crippen LogP contribution in [-0.4, -0.2) is 29.4 Å². The molecule has 5 nitrogen and oxygen atoms in total. The molecule has 0 bridgehead atoms. The second-order valence-corrected chi connectivity index (χ2v) is 12.1. The molecule has 4 saturated carbocycles. The van der Waals surface area contributed by atoms with E-state index in [1.54, 1.807) is 6.92 Å². The fourth-order valence-electron chi connectivity index (χ4n) is 8.63. The van der Waals surface area contributed by atoms with E-state index >= 15 is 0 Å². The number of fused-ring (bicyclic) bond motifs is 5. The Kier molecular flexibility index (Phi) is 9.25. The van der Waals surface area contributed by atoms with Gasteiger partial charge in [0.2, 0.25) is 0 Å². The van der Waals surface area contributed by atoms with E-state index in [4.69, 9.17) is 9.84 Å². The highest BCUT2D eigenvalue weighted by atomic mass is 16.5. The van der Waals surface area contributed by atoms with Crippen molar-refractivity contribution in [1.29, 1.82) is 0 Å². The number of ether oxygens (including phenoxy) is 1. The summed E-state index contributed by atoms with van der Waals surface area (Å²) >= 11 is 0. The Morgan fingerprint density at radius 3 is 2.32 bits per heavy atom. The van der Waals surface area contributed by atoms with Crippen molar-refractivity contribution in [2.75, 3.05) is 6.61 Å². The average molecular weight is 479 g/mol. The van der Waals surface area contributed by atoms with Gasteiger partial charge in [-0.25, -0.2) is 0 Å². The molecule has 4 fully saturated rings. The number of aliphatic carboxylic acids is 1. The zero-order chi connectivity index (χ0) is 24.9. The van der Waals surface area contributed by atoms with Crippen molar-refractivity contribution in [3.05, 3.63) is 0 Å². The van der Waals surface area contributed by atoms with Gasteiger partial charge in [-0.2, -0.15) is 0 Å². The Balaban J connectivity index is 0.000000288. The Morgan fingerprint density at radius 1 is 0.912 bits per heavy atom. The van der Waals surface area contributed by atoms with Gasteiger partial charge in [-0.15, -0.1) is 0 Å². The third kappa shape index (κ3) is 5.70. The number of rotatable bonds is 7. The van der Waals surface area contributed by atoms with Crippen LogP contribution in [0.1, 0.15) is 119 Å². The lowest BCUT2D eigenvalue weighted by Gasteiger charge is -2.60. The fraction of sp³-hybridized carbons (Fsp3) is 0.897. The van der Waals surface area contributed by atoms with E-state index in [0.717, 1.165) is 23.7 Å². The van der Waals surface area contributed by atoms with E-state index in [0.29, 0.717) is 48.4 Å². The molecule has 0 aromatic rings. The Bertz CT molecular complexity index is 739. The lowest BCUT2D eigenvalue weighted by atomic mass is 9.45. The Labute approximate surface area is 208 Å². The monoisotopic (exact) mass is 478 g/mol. The minimum absolute atomic E-state index is 0. The second kappa shape index (κ2) is 11.6. The number of Topliss-reactive ketones (excluding diaryl/α,β-unsaturated/α-hetero) is 1. The molecule has 0 aliphatic heterocycles. The number of carboxylic acid groups (broad SMARTS) is 1. The average Bonchev–Trinajstić information content (AvgIpc) is 3.16. The van der Waals surface area contributed by atoms with Gasteiger partial charge in [0, 0.05) is 20.2 Å². The number of unbranched alkanes of at least 4 members (excludes halogenated alkanes) is 1. The number of carbonyl (C=O) groups excluding carboxylic acids is 2. The highest BCUT2D eigenvalue weighted by molar-refractivity contribution is 5.79. The summed E-state index contributed by atoms with van der Waals surface area (Å²) in [6.45, 7) is 9.03. The SMILES string of the molecule is CC(=O)C1CCC2C3CCC4CCCCC4(C)C3CCC12C.CCC(=O)OCCCCC(=O)O.[HH]. The van der Waals surface area contributed by atoms with Crippen molar-refractivity contribution in [3.63, 3.8) is 0 Å². The van der Waals surface area contributed by atoms with Crippen molar-refractivity contribution in [3.8, 4) is 0 Å². The summed E-state index contributed by atoms with van der Waals surface area (Å²) in [6, 6.07) is 0. The zero-order valence-electron chi connectivity index (χ0n) is 22.1. The van der Waals surface area contributed by atoms with Gasteiger partial charge < -0.3 is 9.84 Å². The summed E-state index contributed by atoms with van der Waals surface area (Å²) < 4.78 is 4.74. The number of hydrogen-bond donors (Lipinski definition) is 1. The van der Waals surface area contributed by atoms with Crippen LogP contribution in [0, 0.1) is 40.4 Å². The summed E-state index contributed by atoms with van der Waals surface area (Å²) in [4.78, 5) is 32.8. The number of carbonyl (C=O) groups is 3. The predicted molar refractivity (Wildman–Crippen MR) is 135 cm³/mol. The Hall–Kier alpha value is -1.39. The number of hydrogen-bond acceptors (Lipinski definition) is 4. The van der Waals surface area contributed by atoms with Crippen LogP contribution in [0.5, 0.6) is 0 Å². The lowest BCUT2D eigenvalue weighted by molar-refractivity contribution is -0.143. The van der Waals surface area contributed by atoms with E-state index in [9.17, 15) is 14.4 Å². The molecule has 0 aromatic carbocycles. The van der Waals surface area contributed by atoms with Crippen molar-refractivity contribution < 1.29 is 25.7 Å². The van der Waals surface area contributed by atoms with Gasteiger partial charge in [0.1, 0.15) is 5.78 Å². The molecule has 0 radical (unpaired) electrons. The van der Waals surface area contributed by atoms with Gasteiger partial charge in [-0.05, 0) is 106 Å². The van der Waals surface area contributed by atoms with Gasteiger partial charge in [-0.3, -0.25) is 14.4 Å². The largest absolute Gasteiger partial charge is 0.481 e. The quantitative estimate of drug-likeness (QED) is 0.313. The molecule has 0 saturated heterocycles. The van der Waals surface area contributed by atoms with Crippen molar-refractivity contribution >= 4 is 17.7 Å². The molecule has 7 unspecified atom stereocenters. The zero-order valence-corrected chi connectivity index (χ0v) is 22.1. The molecular weight excluding hydrogens is 428 g/mol. The van der Waals surface area contributed by atoms with Crippen LogP contribution in [0.2, 0.25) is 0 Å². The maximum Gasteiger partial charge on any atom is 0.305 e. The highest BCUT2D eigenvalue weighted by Crippen LogP contribution is 2.67. The third-order valence-electron chi connectivity index (χ3n) is 10.4. The first-order chi connectivity index (χ1) is 16.1. The van der Waals surface area contributed by atoms with Gasteiger partial charge in [0.15, 0.2) is 0 Å². The van der Waals surface area contributed by atoms with Gasteiger partial charge >= 0.3 is 11.9 Å². The summed E-state index contributed by atoms with van der Waals surface area (Å²) in [5.74, 6) is 3.56. The van der Waals surface area contributed by atoms with Crippen LogP contribution in [0.3, 0.4) is 0 Å². The van der Waals surface area contributed by atoms with Crippen LogP contribution in [0.25, 0.3) is 0 Å². The van der Waals surface area contributed by atoms with Crippen LogP contribution >= 0.6 is 0 Å². The molecule has 5 heteroatoms. The second-order valence-electron chi connectivity index (χ2n) is 12.1. The van der Waals surface area contributed by atoms with Gasteiger partial charge in [0.25, 0.3) is 0 Å². The first kappa shape index (κ1) is 27.2. The molecule has 4 aliphatic carbocycles. The van der Waals surface area contributed by atoms with Crippen LogP contribution < -0.4 is 0 Å². The molecule has 7 atom stereocenters. The minimum atomic E-state index is -0.809. The minimum Gasteiger partial charge on any atom is -0.481 e. The molecule has 0 spiro atoms. The van der Waals surface area contributed by atoms with E-state index in [2.05, 4.69) is 13.8 Å². The lowest BCUT2D eigenvalue weighted by Crippen LogP contribution is -2.53. The molecule has 0 heterocycles. The summed E-state index contributed by atoms with van der Waals surface area (Å²) in [7, 11) is 0. The normalized spacial score (nSPS) is 38.4. The molecular formula is C29H50O5. The standard InChI is InChI=1S/C21H34O.C8H14O4.H2/c1-14(22)17-9-10-18-16-8-7-15-6-4-5-12-20(15,2)19(16)11-13-21(17,18)3;1-2-8(11)12-6-4-3-5-7(9)10;/h15-19H,4-13H2,1-3H3;2-6H2,1H3,(H,9,10);1H.